The SMILES string of the molecule is Nc1nc(NC2CCSC2)nc(-n2cncn2)n1. The van der Waals surface area contributed by atoms with E-state index in [4.69, 9.17) is 5.73 Å². The molecule has 8 nitrogen and oxygen atoms in total. The van der Waals surface area contributed by atoms with Crippen molar-refractivity contribution in [2.24, 2.45) is 0 Å². The van der Waals surface area contributed by atoms with Crippen LogP contribution in [0.5, 0.6) is 0 Å². The van der Waals surface area contributed by atoms with E-state index in [9.17, 15) is 0 Å². The van der Waals surface area contributed by atoms with Crippen molar-refractivity contribution in [2.45, 2.75) is 12.5 Å². The first kappa shape index (κ1) is 11.2. The summed E-state index contributed by atoms with van der Waals surface area (Å²) in [6.07, 6.45) is 4.04. The molecule has 0 bridgehead atoms. The van der Waals surface area contributed by atoms with E-state index >= 15 is 0 Å². The van der Waals surface area contributed by atoms with E-state index < -0.39 is 0 Å². The second-order valence-corrected chi connectivity index (χ2v) is 5.01. The van der Waals surface area contributed by atoms with E-state index in [1.54, 1.807) is 0 Å². The Bertz CT molecular complexity index is 521. The summed E-state index contributed by atoms with van der Waals surface area (Å²) in [5.41, 5.74) is 5.67. The minimum Gasteiger partial charge on any atom is -0.368 e. The highest BCUT2D eigenvalue weighted by Gasteiger charge is 2.17. The molecule has 3 heterocycles. The third kappa shape index (κ3) is 2.35. The van der Waals surface area contributed by atoms with Crippen molar-refractivity contribution in [3.05, 3.63) is 12.7 Å². The van der Waals surface area contributed by atoms with Crippen molar-refractivity contribution in [1.29, 1.82) is 0 Å². The van der Waals surface area contributed by atoms with E-state index in [2.05, 4.69) is 30.4 Å². The first-order chi connectivity index (χ1) is 8.81. The normalized spacial score (nSPS) is 19.0. The van der Waals surface area contributed by atoms with Crippen LogP contribution < -0.4 is 11.1 Å². The largest absolute Gasteiger partial charge is 0.368 e. The molecule has 0 spiro atoms. The van der Waals surface area contributed by atoms with Gasteiger partial charge in [0.2, 0.25) is 11.9 Å². The number of rotatable bonds is 3. The quantitative estimate of drug-likeness (QED) is 0.794. The Hall–Kier alpha value is -1.90. The van der Waals surface area contributed by atoms with Gasteiger partial charge in [-0.2, -0.15) is 36.5 Å². The van der Waals surface area contributed by atoms with Gasteiger partial charge in [-0.25, -0.2) is 4.98 Å². The second-order valence-electron chi connectivity index (χ2n) is 3.86. The monoisotopic (exact) mass is 264 g/mol. The van der Waals surface area contributed by atoms with Crippen molar-refractivity contribution in [2.75, 3.05) is 22.6 Å². The predicted octanol–water partition coefficient (Wildman–Crippen LogP) is -0.0481. The van der Waals surface area contributed by atoms with Crippen molar-refractivity contribution < 1.29 is 0 Å². The van der Waals surface area contributed by atoms with E-state index in [0.29, 0.717) is 17.9 Å². The number of nitrogen functional groups attached to an aromatic ring is 1. The Morgan fingerprint density at radius 2 is 2.33 bits per heavy atom. The van der Waals surface area contributed by atoms with Crippen molar-refractivity contribution in [3.63, 3.8) is 0 Å². The molecule has 9 heteroatoms. The smallest absolute Gasteiger partial charge is 0.258 e. The molecule has 3 rings (SSSR count). The van der Waals surface area contributed by atoms with Gasteiger partial charge in [-0.1, -0.05) is 0 Å². The highest BCUT2D eigenvalue weighted by Crippen LogP contribution is 2.20. The van der Waals surface area contributed by atoms with Gasteiger partial charge in [-0.15, -0.1) is 0 Å². The predicted molar refractivity (Wildman–Crippen MR) is 68.5 cm³/mol. The third-order valence-corrected chi connectivity index (χ3v) is 3.69. The summed E-state index contributed by atoms with van der Waals surface area (Å²) in [5, 5.41) is 7.23. The molecule has 1 fully saturated rings. The Balaban J connectivity index is 1.86. The van der Waals surface area contributed by atoms with Crippen LogP contribution in [0.3, 0.4) is 0 Å². The van der Waals surface area contributed by atoms with Crippen LogP contribution in [0.25, 0.3) is 5.95 Å². The first-order valence-electron chi connectivity index (χ1n) is 5.52. The zero-order valence-corrected chi connectivity index (χ0v) is 10.3. The number of aromatic nitrogens is 6. The van der Waals surface area contributed by atoms with Crippen LogP contribution in [0.2, 0.25) is 0 Å². The third-order valence-electron chi connectivity index (χ3n) is 2.53. The summed E-state index contributed by atoms with van der Waals surface area (Å²) >= 11 is 1.92. The molecule has 0 radical (unpaired) electrons. The Morgan fingerprint density at radius 3 is 3.06 bits per heavy atom. The molecule has 3 N–H and O–H groups in total. The van der Waals surface area contributed by atoms with Crippen LogP contribution in [0.4, 0.5) is 11.9 Å². The molecule has 0 aliphatic carbocycles. The zero-order valence-electron chi connectivity index (χ0n) is 9.52. The first-order valence-corrected chi connectivity index (χ1v) is 6.67. The fourth-order valence-corrected chi connectivity index (χ4v) is 2.84. The van der Waals surface area contributed by atoms with Gasteiger partial charge in [0.05, 0.1) is 0 Å². The average molecular weight is 264 g/mol. The maximum atomic E-state index is 5.67. The lowest BCUT2D eigenvalue weighted by Gasteiger charge is -2.11. The lowest BCUT2D eigenvalue weighted by Crippen LogP contribution is -2.21. The molecular weight excluding hydrogens is 252 g/mol. The van der Waals surface area contributed by atoms with Gasteiger partial charge in [-0.3, -0.25) is 0 Å². The molecule has 2 aromatic rings. The number of nitrogens with one attached hydrogen (secondary N) is 1. The summed E-state index contributed by atoms with van der Waals surface area (Å²) in [6, 6.07) is 0.389. The van der Waals surface area contributed by atoms with Crippen LogP contribution in [-0.2, 0) is 0 Å². The summed E-state index contributed by atoms with van der Waals surface area (Å²) in [7, 11) is 0. The number of anilines is 2. The van der Waals surface area contributed by atoms with E-state index in [1.807, 2.05) is 11.8 Å². The minimum absolute atomic E-state index is 0.170. The van der Waals surface area contributed by atoms with Gasteiger partial charge < -0.3 is 11.1 Å². The molecule has 1 atom stereocenters. The van der Waals surface area contributed by atoms with Gasteiger partial charge in [0.15, 0.2) is 0 Å². The molecule has 1 aliphatic heterocycles. The lowest BCUT2D eigenvalue weighted by molar-refractivity contribution is 0.770. The van der Waals surface area contributed by atoms with Crippen molar-refractivity contribution in [3.8, 4) is 5.95 Å². The van der Waals surface area contributed by atoms with Gasteiger partial charge in [-0.05, 0) is 12.2 Å². The topological polar surface area (TPSA) is 107 Å². The Labute approximate surface area is 107 Å². The minimum atomic E-state index is 0.170. The summed E-state index contributed by atoms with van der Waals surface area (Å²) in [5.74, 6) is 3.25. The molecule has 0 aromatic carbocycles. The zero-order chi connectivity index (χ0) is 12.4. The molecule has 2 aromatic heterocycles. The number of thioether (sulfide) groups is 1. The standard InChI is InChI=1S/C9H12N8S/c10-7-14-8(13-6-1-2-18-3-6)16-9(15-7)17-5-11-4-12-17/h4-6H,1-3H2,(H3,10,13,14,15,16). The fraction of sp³-hybridized carbons (Fsp3) is 0.444. The van der Waals surface area contributed by atoms with Gasteiger partial charge in [0, 0.05) is 11.8 Å². The van der Waals surface area contributed by atoms with Crippen LogP contribution in [0.15, 0.2) is 12.7 Å². The average Bonchev–Trinajstić information content (AvgIpc) is 3.00. The molecule has 0 saturated carbocycles. The van der Waals surface area contributed by atoms with Crippen LogP contribution in [0.1, 0.15) is 6.42 Å². The summed E-state index contributed by atoms with van der Waals surface area (Å²) in [4.78, 5) is 16.2. The second kappa shape index (κ2) is 4.77. The van der Waals surface area contributed by atoms with Crippen LogP contribution in [0, 0.1) is 0 Å². The van der Waals surface area contributed by atoms with E-state index in [-0.39, 0.29) is 5.95 Å². The maximum absolute atomic E-state index is 5.67. The number of hydrogen-bond donors (Lipinski definition) is 2. The lowest BCUT2D eigenvalue weighted by atomic mass is 10.3. The van der Waals surface area contributed by atoms with E-state index in [0.717, 1.165) is 17.9 Å². The molecule has 18 heavy (non-hydrogen) atoms. The van der Waals surface area contributed by atoms with Gasteiger partial charge in [0.25, 0.3) is 5.95 Å². The molecule has 1 aliphatic rings. The number of nitrogens with two attached hydrogens (primary N) is 1. The Kier molecular flexibility index (Phi) is 2.97. The molecular formula is C9H12N8S. The highest BCUT2D eigenvalue weighted by atomic mass is 32.2. The van der Waals surface area contributed by atoms with E-state index in [1.165, 1.54) is 17.3 Å². The fourth-order valence-electron chi connectivity index (χ4n) is 1.69. The Morgan fingerprint density at radius 1 is 1.39 bits per heavy atom. The number of hydrogen-bond acceptors (Lipinski definition) is 8. The van der Waals surface area contributed by atoms with Gasteiger partial charge >= 0.3 is 0 Å². The van der Waals surface area contributed by atoms with Gasteiger partial charge in [0.1, 0.15) is 12.7 Å². The number of nitrogens with zero attached hydrogens (tertiary/aromatic N) is 6. The van der Waals surface area contributed by atoms with Crippen molar-refractivity contribution >= 4 is 23.7 Å². The molecule has 0 amide bonds. The molecule has 94 valence electrons. The van der Waals surface area contributed by atoms with Crippen molar-refractivity contribution in [1.82, 2.24) is 29.7 Å². The summed E-state index contributed by atoms with van der Waals surface area (Å²) < 4.78 is 1.45. The molecule has 1 unspecified atom stereocenters. The van der Waals surface area contributed by atoms with Crippen LogP contribution in [-0.4, -0.2) is 47.3 Å². The highest BCUT2D eigenvalue weighted by molar-refractivity contribution is 7.99. The van der Waals surface area contributed by atoms with Crippen LogP contribution >= 0.6 is 11.8 Å². The maximum Gasteiger partial charge on any atom is 0.258 e. The summed E-state index contributed by atoms with van der Waals surface area (Å²) in [6.45, 7) is 0. The molecule has 1 saturated heterocycles.